The lowest BCUT2D eigenvalue weighted by Gasteiger charge is -2.16. The van der Waals surface area contributed by atoms with Gasteiger partial charge in [-0.15, -0.1) is 0 Å². The first-order valence-electron chi connectivity index (χ1n) is 10.4. The summed E-state index contributed by atoms with van der Waals surface area (Å²) in [5.74, 6) is -1.03. The summed E-state index contributed by atoms with van der Waals surface area (Å²) < 4.78 is 44.5. The van der Waals surface area contributed by atoms with Crippen molar-refractivity contribution < 1.29 is 27.8 Å². The summed E-state index contributed by atoms with van der Waals surface area (Å²) in [5.41, 5.74) is 2.95. The zero-order chi connectivity index (χ0) is 22.7. The fraction of sp³-hybridized carbons (Fsp3) is 0.391. The SMILES string of the molecule is O=C(N[C@@H]1Cc2ccc(CN3CC(CO)C(C(F)(F)F)=N3)cc2C1)OCc1ccccc1. The number of ether oxygens (including phenoxy) is 1. The molecule has 1 aliphatic heterocycles. The molecule has 4 rings (SSSR count). The predicted molar refractivity (Wildman–Crippen MR) is 112 cm³/mol. The number of amides is 1. The average Bonchev–Trinajstić information content (AvgIpc) is 3.36. The van der Waals surface area contributed by atoms with Crippen LogP contribution >= 0.6 is 0 Å². The third kappa shape index (κ3) is 5.21. The van der Waals surface area contributed by atoms with Crippen LogP contribution in [-0.2, 0) is 30.7 Å². The minimum atomic E-state index is -4.55. The highest BCUT2D eigenvalue weighted by Crippen LogP contribution is 2.29. The Balaban J connectivity index is 1.32. The molecule has 0 radical (unpaired) electrons. The highest BCUT2D eigenvalue weighted by molar-refractivity contribution is 5.93. The van der Waals surface area contributed by atoms with Crippen LogP contribution < -0.4 is 5.32 Å². The molecule has 9 heteroatoms. The molecular weight excluding hydrogens is 423 g/mol. The standard InChI is InChI=1S/C23H24F3N3O3/c24-23(25,26)21-19(13-30)12-29(28-21)11-16-6-7-17-9-20(10-18(17)8-16)27-22(31)32-14-15-4-2-1-3-5-15/h1-8,19-20,30H,9-14H2,(H,27,31)/t19?,20-/m1/s1. The smallest absolute Gasteiger partial charge is 0.431 e. The maximum Gasteiger partial charge on any atom is 0.431 e. The monoisotopic (exact) mass is 447 g/mol. The van der Waals surface area contributed by atoms with E-state index < -0.39 is 30.5 Å². The van der Waals surface area contributed by atoms with Gasteiger partial charge in [-0.2, -0.15) is 18.3 Å². The summed E-state index contributed by atoms with van der Waals surface area (Å²) >= 11 is 0. The Morgan fingerprint density at radius 2 is 1.88 bits per heavy atom. The number of hydrogen-bond donors (Lipinski definition) is 2. The van der Waals surface area contributed by atoms with Gasteiger partial charge in [-0.05, 0) is 35.1 Å². The maximum atomic E-state index is 13.1. The molecule has 2 N–H and O–H groups in total. The van der Waals surface area contributed by atoms with Crippen LogP contribution in [-0.4, -0.2) is 47.3 Å². The number of nitrogens with one attached hydrogen (secondary N) is 1. The van der Waals surface area contributed by atoms with E-state index in [-0.39, 0.29) is 25.7 Å². The summed E-state index contributed by atoms with van der Waals surface area (Å²) in [6.45, 7) is -0.144. The number of rotatable bonds is 6. The second kappa shape index (κ2) is 9.20. The van der Waals surface area contributed by atoms with Gasteiger partial charge in [0.1, 0.15) is 12.3 Å². The number of aliphatic hydroxyl groups excluding tert-OH is 1. The molecule has 2 aromatic rings. The van der Waals surface area contributed by atoms with Crippen molar-refractivity contribution >= 4 is 11.8 Å². The number of aliphatic hydroxyl groups is 1. The largest absolute Gasteiger partial charge is 0.445 e. The lowest BCUT2D eigenvalue weighted by Crippen LogP contribution is -2.35. The Hall–Kier alpha value is -3.07. The Morgan fingerprint density at radius 3 is 2.56 bits per heavy atom. The van der Waals surface area contributed by atoms with Gasteiger partial charge in [-0.25, -0.2) is 4.79 Å². The second-order valence-corrected chi connectivity index (χ2v) is 8.12. The Bertz CT molecular complexity index is 995. The van der Waals surface area contributed by atoms with E-state index in [1.54, 1.807) is 0 Å². The van der Waals surface area contributed by atoms with Crippen LogP contribution in [0.5, 0.6) is 0 Å². The van der Waals surface area contributed by atoms with Crippen molar-refractivity contribution in [3.63, 3.8) is 0 Å². The topological polar surface area (TPSA) is 74.2 Å². The van der Waals surface area contributed by atoms with Gasteiger partial charge in [0.25, 0.3) is 0 Å². The molecule has 1 amide bonds. The van der Waals surface area contributed by atoms with Crippen LogP contribution in [0.25, 0.3) is 0 Å². The zero-order valence-corrected chi connectivity index (χ0v) is 17.3. The highest BCUT2D eigenvalue weighted by Gasteiger charge is 2.44. The molecule has 170 valence electrons. The molecule has 0 spiro atoms. The number of alkyl halides is 3. The van der Waals surface area contributed by atoms with E-state index in [1.807, 2.05) is 48.5 Å². The predicted octanol–water partition coefficient (Wildman–Crippen LogP) is 3.42. The van der Waals surface area contributed by atoms with Crippen LogP contribution in [0.1, 0.15) is 22.3 Å². The van der Waals surface area contributed by atoms with Crippen molar-refractivity contribution in [2.75, 3.05) is 13.2 Å². The van der Waals surface area contributed by atoms with Crippen molar-refractivity contribution in [3.05, 3.63) is 70.8 Å². The molecule has 0 bridgehead atoms. The average molecular weight is 447 g/mol. The number of carbonyl (C=O) groups excluding carboxylic acids is 1. The molecular formula is C23H24F3N3O3. The second-order valence-electron chi connectivity index (χ2n) is 8.12. The minimum Gasteiger partial charge on any atom is -0.445 e. The lowest BCUT2D eigenvalue weighted by molar-refractivity contribution is -0.0630. The number of hydrazone groups is 1. The van der Waals surface area contributed by atoms with E-state index in [4.69, 9.17) is 4.74 Å². The van der Waals surface area contributed by atoms with Gasteiger partial charge >= 0.3 is 12.3 Å². The third-order valence-electron chi connectivity index (χ3n) is 5.68. The first kappa shape index (κ1) is 22.1. The molecule has 1 aliphatic carbocycles. The van der Waals surface area contributed by atoms with E-state index in [0.29, 0.717) is 12.8 Å². The van der Waals surface area contributed by atoms with Gasteiger partial charge < -0.3 is 15.2 Å². The lowest BCUT2D eigenvalue weighted by atomic mass is 10.0. The van der Waals surface area contributed by atoms with Crippen LogP contribution in [0.4, 0.5) is 18.0 Å². The molecule has 0 aromatic heterocycles. The number of nitrogens with zero attached hydrogens (tertiary/aromatic N) is 2. The van der Waals surface area contributed by atoms with Crippen LogP contribution in [0.15, 0.2) is 53.6 Å². The van der Waals surface area contributed by atoms with Crippen LogP contribution in [0.2, 0.25) is 0 Å². The maximum absolute atomic E-state index is 13.1. The van der Waals surface area contributed by atoms with Gasteiger partial charge in [0.05, 0.1) is 19.1 Å². The molecule has 1 unspecified atom stereocenters. The molecule has 1 heterocycles. The molecule has 6 nitrogen and oxygen atoms in total. The normalized spacial score (nSPS) is 20.1. The molecule has 0 saturated carbocycles. The molecule has 2 aliphatic rings. The number of benzene rings is 2. The molecule has 32 heavy (non-hydrogen) atoms. The molecule has 2 atom stereocenters. The summed E-state index contributed by atoms with van der Waals surface area (Å²) in [6, 6.07) is 15.1. The Morgan fingerprint density at radius 1 is 1.12 bits per heavy atom. The minimum absolute atomic E-state index is 0.0276. The number of fused-ring (bicyclic) bond motifs is 1. The van der Waals surface area contributed by atoms with Crippen molar-refractivity contribution in [2.45, 2.75) is 38.2 Å². The number of alkyl carbamates (subject to hydrolysis) is 1. The van der Waals surface area contributed by atoms with Gasteiger partial charge in [-0.1, -0.05) is 48.5 Å². The number of hydrogen-bond acceptors (Lipinski definition) is 5. The molecule has 2 aromatic carbocycles. The Kier molecular flexibility index (Phi) is 6.36. The first-order chi connectivity index (χ1) is 15.3. The highest BCUT2D eigenvalue weighted by atomic mass is 19.4. The van der Waals surface area contributed by atoms with E-state index in [9.17, 15) is 23.1 Å². The summed E-state index contributed by atoms with van der Waals surface area (Å²) in [6.07, 6.45) is -3.73. The third-order valence-corrected chi connectivity index (χ3v) is 5.68. The van der Waals surface area contributed by atoms with Gasteiger partial charge in [0.2, 0.25) is 0 Å². The van der Waals surface area contributed by atoms with E-state index >= 15 is 0 Å². The van der Waals surface area contributed by atoms with Gasteiger partial charge in [0, 0.05) is 12.6 Å². The molecule has 0 saturated heterocycles. The Labute approximate surface area is 183 Å². The quantitative estimate of drug-likeness (QED) is 0.712. The van der Waals surface area contributed by atoms with E-state index in [0.717, 1.165) is 22.3 Å². The van der Waals surface area contributed by atoms with Crippen molar-refractivity contribution in [3.8, 4) is 0 Å². The fourth-order valence-electron chi connectivity index (χ4n) is 4.16. The molecule has 0 fully saturated rings. The van der Waals surface area contributed by atoms with Gasteiger partial charge in [0.15, 0.2) is 0 Å². The first-order valence-corrected chi connectivity index (χ1v) is 10.4. The summed E-state index contributed by atoms with van der Waals surface area (Å²) in [4.78, 5) is 12.1. The van der Waals surface area contributed by atoms with Crippen LogP contribution in [0, 0.1) is 5.92 Å². The van der Waals surface area contributed by atoms with Crippen molar-refractivity contribution in [1.29, 1.82) is 0 Å². The van der Waals surface area contributed by atoms with E-state index in [2.05, 4.69) is 10.4 Å². The van der Waals surface area contributed by atoms with Crippen molar-refractivity contribution in [2.24, 2.45) is 11.0 Å². The van der Waals surface area contributed by atoms with E-state index in [1.165, 1.54) is 5.01 Å². The van der Waals surface area contributed by atoms with Crippen molar-refractivity contribution in [1.82, 2.24) is 10.3 Å². The summed E-state index contributed by atoms with van der Waals surface area (Å²) in [5, 5.41) is 17.2. The fourth-order valence-corrected chi connectivity index (χ4v) is 4.16. The number of halogens is 3. The number of carbonyl (C=O) groups is 1. The zero-order valence-electron chi connectivity index (χ0n) is 17.3. The van der Waals surface area contributed by atoms with Gasteiger partial charge in [-0.3, -0.25) is 5.01 Å². The summed E-state index contributed by atoms with van der Waals surface area (Å²) in [7, 11) is 0. The van der Waals surface area contributed by atoms with Crippen LogP contribution in [0.3, 0.4) is 0 Å².